The Bertz CT molecular complexity index is 932. The van der Waals surface area contributed by atoms with Gasteiger partial charge in [0.2, 0.25) is 0 Å². The van der Waals surface area contributed by atoms with Gasteiger partial charge in [-0.05, 0) is 31.2 Å². The molecule has 0 aliphatic carbocycles. The van der Waals surface area contributed by atoms with E-state index in [-0.39, 0.29) is 11.5 Å². The van der Waals surface area contributed by atoms with Gasteiger partial charge in [-0.3, -0.25) is 9.59 Å². The highest BCUT2D eigenvalue weighted by Gasteiger charge is 2.41. The van der Waals surface area contributed by atoms with Crippen molar-refractivity contribution in [2.45, 2.75) is 25.4 Å². The molecular formula is C21H20F2N2O3. The summed E-state index contributed by atoms with van der Waals surface area (Å²) in [4.78, 5) is 26.6. The van der Waals surface area contributed by atoms with Gasteiger partial charge in [0.25, 0.3) is 11.8 Å². The maximum Gasteiger partial charge on any atom is 0.255 e. The first-order valence-electron chi connectivity index (χ1n) is 9.18. The first-order valence-corrected chi connectivity index (χ1v) is 9.18. The number of carbonyl (C=O) groups is 2. The number of hydrogen-bond acceptors (Lipinski definition) is 3. The Labute approximate surface area is 161 Å². The van der Waals surface area contributed by atoms with Crippen molar-refractivity contribution in [3.8, 4) is 5.75 Å². The zero-order chi connectivity index (χ0) is 19.9. The SMILES string of the molecule is Cc1ccc2c(c1)C(=O)NCC1(CCN(C(=O)c3cc(F)cc(F)c3)CC1)O2. The minimum atomic E-state index is -0.779. The van der Waals surface area contributed by atoms with Crippen LogP contribution in [-0.4, -0.2) is 41.9 Å². The molecule has 0 bridgehead atoms. The summed E-state index contributed by atoms with van der Waals surface area (Å²) in [6.07, 6.45) is 1.01. The summed E-state index contributed by atoms with van der Waals surface area (Å²) in [6, 6.07) is 8.30. The molecule has 2 amide bonds. The standard InChI is InChI=1S/C21H20F2N2O3/c1-13-2-3-18-17(8-13)19(26)24-12-21(28-18)4-6-25(7-5-21)20(27)14-9-15(22)11-16(23)10-14/h2-3,8-11H,4-7,12H2,1H3,(H,24,26). The maximum atomic E-state index is 13.4. The molecule has 7 heteroatoms. The minimum absolute atomic E-state index is 0.00985. The number of carbonyl (C=O) groups excluding carboxylic acids is 2. The van der Waals surface area contributed by atoms with Crippen LogP contribution in [-0.2, 0) is 0 Å². The van der Waals surface area contributed by atoms with Gasteiger partial charge in [0.1, 0.15) is 23.0 Å². The third-order valence-corrected chi connectivity index (χ3v) is 5.35. The fourth-order valence-electron chi connectivity index (χ4n) is 3.77. The predicted octanol–water partition coefficient (Wildman–Crippen LogP) is 3.07. The van der Waals surface area contributed by atoms with E-state index in [4.69, 9.17) is 4.74 Å². The van der Waals surface area contributed by atoms with Gasteiger partial charge < -0.3 is 15.0 Å². The Morgan fingerprint density at radius 3 is 2.46 bits per heavy atom. The Morgan fingerprint density at radius 2 is 1.79 bits per heavy atom. The second kappa shape index (κ2) is 6.89. The van der Waals surface area contributed by atoms with Crippen molar-refractivity contribution in [3.63, 3.8) is 0 Å². The summed E-state index contributed by atoms with van der Waals surface area (Å²) in [5.41, 5.74) is 0.853. The molecule has 28 heavy (non-hydrogen) atoms. The number of rotatable bonds is 1. The Balaban J connectivity index is 1.51. The summed E-state index contributed by atoms with van der Waals surface area (Å²) in [5, 5.41) is 2.91. The van der Waals surface area contributed by atoms with Crippen LogP contribution in [0.25, 0.3) is 0 Å². The number of piperidine rings is 1. The maximum absolute atomic E-state index is 13.4. The molecule has 1 saturated heterocycles. The van der Waals surface area contributed by atoms with E-state index in [1.807, 2.05) is 13.0 Å². The zero-order valence-corrected chi connectivity index (χ0v) is 15.4. The summed E-state index contributed by atoms with van der Waals surface area (Å²) in [5.74, 6) is -1.61. The fourth-order valence-corrected chi connectivity index (χ4v) is 3.77. The molecule has 0 saturated carbocycles. The Morgan fingerprint density at radius 1 is 1.11 bits per heavy atom. The Kier molecular flexibility index (Phi) is 4.53. The zero-order valence-electron chi connectivity index (χ0n) is 15.4. The first kappa shape index (κ1) is 18.4. The van der Waals surface area contributed by atoms with Crippen LogP contribution in [0.1, 0.15) is 39.1 Å². The summed E-state index contributed by atoms with van der Waals surface area (Å²) in [7, 11) is 0. The van der Waals surface area contributed by atoms with Gasteiger partial charge in [-0.25, -0.2) is 8.78 Å². The van der Waals surface area contributed by atoms with E-state index in [0.29, 0.717) is 43.8 Å². The van der Waals surface area contributed by atoms with E-state index in [9.17, 15) is 18.4 Å². The molecule has 0 aromatic heterocycles. The average Bonchev–Trinajstić information content (AvgIpc) is 2.79. The summed E-state index contributed by atoms with van der Waals surface area (Å²) >= 11 is 0. The topological polar surface area (TPSA) is 58.6 Å². The molecule has 4 rings (SSSR count). The highest BCUT2D eigenvalue weighted by atomic mass is 19.1. The van der Waals surface area contributed by atoms with Gasteiger partial charge in [0.15, 0.2) is 0 Å². The van der Waals surface area contributed by atoms with Gasteiger partial charge in [0, 0.05) is 37.6 Å². The van der Waals surface area contributed by atoms with Crippen molar-refractivity contribution < 1.29 is 23.1 Å². The van der Waals surface area contributed by atoms with Crippen molar-refractivity contribution in [1.82, 2.24) is 10.2 Å². The lowest BCUT2D eigenvalue weighted by atomic mass is 9.90. The van der Waals surface area contributed by atoms with E-state index in [1.54, 1.807) is 17.0 Å². The number of nitrogens with zero attached hydrogens (tertiary/aromatic N) is 1. The number of likely N-dealkylation sites (tertiary alicyclic amines) is 1. The number of aryl methyl sites for hydroxylation is 1. The van der Waals surface area contributed by atoms with E-state index in [0.717, 1.165) is 23.8 Å². The van der Waals surface area contributed by atoms with E-state index < -0.39 is 23.1 Å². The number of nitrogens with one attached hydrogen (secondary N) is 1. The van der Waals surface area contributed by atoms with Crippen LogP contribution in [0.3, 0.4) is 0 Å². The monoisotopic (exact) mass is 386 g/mol. The van der Waals surface area contributed by atoms with Crippen LogP contribution in [0, 0.1) is 18.6 Å². The highest BCUT2D eigenvalue weighted by molar-refractivity contribution is 5.97. The van der Waals surface area contributed by atoms with Gasteiger partial charge in [-0.2, -0.15) is 0 Å². The van der Waals surface area contributed by atoms with E-state index >= 15 is 0 Å². The molecule has 2 heterocycles. The van der Waals surface area contributed by atoms with Crippen molar-refractivity contribution in [2.24, 2.45) is 0 Å². The normalized spacial score (nSPS) is 18.1. The predicted molar refractivity (Wildman–Crippen MR) is 98.4 cm³/mol. The van der Waals surface area contributed by atoms with Crippen LogP contribution in [0.15, 0.2) is 36.4 Å². The van der Waals surface area contributed by atoms with Crippen molar-refractivity contribution in [1.29, 1.82) is 0 Å². The quantitative estimate of drug-likeness (QED) is 0.820. The molecule has 2 aromatic rings. The second-order valence-electron chi connectivity index (χ2n) is 7.42. The van der Waals surface area contributed by atoms with Gasteiger partial charge >= 0.3 is 0 Å². The molecule has 0 radical (unpaired) electrons. The number of hydrogen-bond donors (Lipinski definition) is 1. The lowest BCUT2D eigenvalue weighted by molar-refractivity contribution is 0.00767. The van der Waals surface area contributed by atoms with Gasteiger partial charge in [0.05, 0.1) is 12.1 Å². The molecular weight excluding hydrogens is 366 g/mol. The Hall–Kier alpha value is -2.96. The lowest BCUT2D eigenvalue weighted by Gasteiger charge is -2.41. The van der Waals surface area contributed by atoms with Gasteiger partial charge in [-0.1, -0.05) is 11.6 Å². The van der Waals surface area contributed by atoms with Crippen molar-refractivity contribution in [2.75, 3.05) is 19.6 Å². The minimum Gasteiger partial charge on any atom is -0.484 e. The van der Waals surface area contributed by atoms with Crippen molar-refractivity contribution in [3.05, 3.63) is 64.7 Å². The van der Waals surface area contributed by atoms with Crippen LogP contribution in [0.4, 0.5) is 8.78 Å². The molecule has 5 nitrogen and oxygen atoms in total. The molecule has 2 aliphatic heterocycles. The molecule has 1 N–H and O–H groups in total. The largest absolute Gasteiger partial charge is 0.484 e. The van der Waals surface area contributed by atoms with E-state index in [2.05, 4.69) is 5.32 Å². The summed E-state index contributed by atoms with van der Waals surface area (Å²) < 4.78 is 33.1. The third-order valence-electron chi connectivity index (χ3n) is 5.35. The average molecular weight is 386 g/mol. The van der Waals surface area contributed by atoms with Crippen LogP contribution in [0.2, 0.25) is 0 Å². The van der Waals surface area contributed by atoms with Crippen LogP contribution >= 0.6 is 0 Å². The van der Waals surface area contributed by atoms with Crippen LogP contribution < -0.4 is 10.1 Å². The molecule has 2 aromatic carbocycles. The molecule has 2 aliphatic rings. The van der Waals surface area contributed by atoms with Gasteiger partial charge in [-0.15, -0.1) is 0 Å². The number of benzene rings is 2. The van der Waals surface area contributed by atoms with Crippen LogP contribution in [0.5, 0.6) is 5.75 Å². The van der Waals surface area contributed by atoms with Crippen molar-refractivity contribution >= 4 is 11.8 Å². The third kappa shape index (κ3) is 3.44. The molecule has 0 atom stereocenters. The number of ether oxygens (including phenoxy) is 1. The molecule has 1 fully saturated rings. The molecule has 1 spiro atoms. The number of fused-ring (bicyclic) bond motifs is 1. The first-order chi connectivity index (χ1) is 13.3. The lowest BCUT2D eigenvalue weighted by Crippen LogP contribution is -2.54. The number of halogens is 2. The number of amides is 2. The summed E-state index contributed by atoms with van der Waals surface area (Å²) in [6.45, 7) is 2.99. The van der Waals surface area contributed by atoms with E-state index in [1.165, 1.54) is 0 Å². The molecule has 146 valence electrons. The smallest absolute Gasteiger partial charge is 0.255 e. The highest BCUT2D eigenvalue weighted by Crippen LogP contribution is 2.33. The second-order valence-corrected chi connectivity index (χ2v) is 7.42. The fraction of sp³-hybridized carbons (Fsp3) is 0.333. The molecule has 0 unspecified atom stereocenters.